The van der Waals surface area contributed by atoms with Gasteiger partial charge in [0, 0.05) is 51.2 Å². The van der Waals surface area contributed by atoms with E-state index in [0.29, 0.717) is 0 Å². The Morgan fingerprint density at radius 1 is 1.10 bits per heavy atom. The Balaban J connectivity index is 1.54. The first kappa shape index (κ1) is 21.5. The number of likely N-dealkylation sites (tertiary alicyclic amines) is 1. The average Bonchev–Trinajstić information content (AvgIpc) is 3.22. The molecule has 5 heteroatoms. The molecule has 4 rings (SSSR count). The van der Waals surface area contributed by atoms with Gasteiger partial charge in [0.05, 0.1) is 6.04 Å². The van der Waals surface area contributed by atoms with Gasteiger partial charge in [-0.1, -0.05) is 48.5 Å². The zero-order valence-corrected chi connectivity index (χ0v) is 18.5. The number of amides is 1. The maximum Gasteiger partial charge on any atom is 0.239 e. The first-order chi connectivity index (χ1) is 15.2. The van der Waals surface area contributed by atoms with Gasteiger partial charge in [0.2, 0.25) is 5.91 Å². The van der Waals surface area contributed by atoms with E-state index in [9.17, 15) is 4.79 Å². The van der Waals surface area contributed by atoms with Crippen molar-refractivity contribution in [3.05, 3.63) is 78.1 Å². The van der Waals surface area contributed by atoms with E-state index >= 15 is 0 Å². The van der Waals surface area contributed by atoms with E-state index in [1.54, 1.807) is 6.20 Å². The lowest BCUT2D eigenvalue weighted by Crippen LogP contribution is -2.45. The van der Waals surface area contributed by atoms with Crippen molar-refractivity contribution in [3.63, 3.8) is 0 Å². The van der Waals surface area contributed by atoms with Gasteiger partial charge in [-0.3, -0.25) is 14.7 Å². The molecule has 0 bridgehead atoms. The number of likely N-dealkylation sites (N-methyl/N-ethyl adjacent to an activating group) is 1. The van der Waals surface area contributed by atoms with Gasteiger partial charge in [0.1, 0.15) is 0 Å². The number of hydrogen-bond donors (Lipinski definition) is 1. The van der Waals surface area contributed by atoms with E-state index in [1.807, 2.05) is 17.2 Å². The summed E-state index contributed by atoms with van der Waals surface area (Å²) in [4.78, 5) is 21.9. The molecular weight excluding hydrogens is 384 g/mol. The van der Waals surface area contributed by atoms with Crippen LogP contribution < -0.4 is 5.32 Å². The zero-order valence-electron chi connectivity index (χ0n) is 18.5. The summed E-state index contributed by atoms with van der Waals surface area (Å²) in [6.07, 6.45) is 4.53. The fraction of sp³-hybridized carbons (Fsp3) is 0.385. The molecule has 2 aromatic carbocycles. The lowest BCUT2D eigenvalue weighted by Gasteiger charge is -2.29. The Hall–Kier alpha value is -2.76. The van der Waals surface area contributed by atoms with Crippen molar-refractivity contribution in [2.45, 2.75) is 45.4 Å². The summed E-state index contributed by atoms with van der Waals surface area (Å²) in [6.45, 7) is 8.04. The highest BCUT2D eigenvalue weighted by Crippen LogP contribution is 2.26. The molecule has 0 unspecified atom stereocenters. The lowest BCUT2D eigenvalue weighted by atomic mass is 10.0. The maximum absolute atomic E-state index is 13.3. The molecule has 1 fully saturated rings. The predicted molar refractivity (Wildman–Crippen MR) is 126 cm³/mol. The standard InChI is InChI=1S/C26H32N4O/c1-3-29(4-2)26(31)25-15-23(28-17-20-9-8-14-27-16-20)19-30(25)18-22-12-7-11-21-10-5-6-13-24(21)22/h5-14,16,23,25,28H,3-4,15,17-19H2,1-2H3/t23-,25+/m1/s1. The van der Waals surface area contributed by atoms with Gasteiger partial charge >= 0.3 is 0 Å². The number of rotatable bonds is 8. The number of fused-ring (bicyclic) bond motifs is 1. The molecular formula is C26H32N4O. The highest BCUT2D eigenvalue weighted by Gasteiger charge is 2.38. The summed E-state index contributed by atoms with van der Waals surface area (Å²) in [5.41, 5.74) is 2.45. The number of nitrogens with one attached hydrogen (secondary N) is 1. The minimum atomic E-state index is -0.0923. The molecule has 1 saturated heterocycles. The molecule has 1 amide bonds. The van der Waals surface area contributed by atoms with Gasteiger partial charge in [0.25, 0.3) is 0 Å². The topological polar surface area (TPSA) is 48.5 Å². The molecule has 1 aliphatic rings. The summed E-state index contributed by atoms with van der Waals surface area (Å²) >= 11 is 0. The number of pyridine rings is 1. The maximum atomic E-state index is 13.3. The van der Waals surface area contributed by atoms with Crippen molar-refractivity contribution in [3.8, 4) is 0 Å². The smallest absolute Gasteiger partial charge is 0.239 e. The number of carbonyl (C=O) groups excluding carboxylic acids is 1. The molecule has 0 saturated carbocycles. The first-order valence-corrected chi connectivity index (χ1v) is 11.3. The van der Waals surface area contributed by atoms with Crippen molar-refractivity contribution >= 4 is 16.7 Å². The highest BCUT2D eigenvalue weighted by atomic mass is 16.2. The van der Waals surface area contributed by atoms with Crippen molar-refractivity contribution < 1.29 is 4.79 Å². The number of aromatic nitrogens is 1. The van der Waals surface area contributed by atoms with Gasteiger partial charge in [0.15, 0.2) is 0 Å². The molecule has 1 aliphatic heterocycles. The van der Waals surface area contributed by atoms with Gasteiger partial charge in [-0.25, -0.2) is 0 Å². The second kappa shape index (κ2) is 10.0. The molecule has 3 aromatic rings. The predicted octanol–water partition coefficient (Wildman–Crippen LogP) is 3.84. The normalized spacial score (nSPS) is 19.0. The SMILES string of the molecule is CCN(CC)C(=O)[C@@H]1C[C@@H](NCc2cccnc2)CN1Cc1cccc2ccccc12. The van der Waals surface area contributed by atoms with Crippen LogP contribution in [0.3, 0.4) is 0 Å². The lowest BCUT2D eigenvalue weighted by molar-refractivity contribution is -0.135. The first-order valence-electron chi connectivity index (χ1n) is 11.3. The molecule has 0 aliphatic carbocycles. The average molecular weight is 417 g/mol. The van der Waals surface area contributed by atoms with Gasteiger partial charge < -0.3 is 10.2 Å². The zero-order chi connectivity index (χ0) is 21.6. The van der Waals surface area contributed by atoms with E-state index in [-0.39, 0.29) is 18.0 Å². The second-order valence-corrected chi connectivity index (χ2v) is 8.27. The van der Waals surface area contributed by atoms with Crippen LogP contribution in [-0.2, 0) is 17.9 Å². The molecule has 0 spiro atoms. The fourth-order valence-corrected chi connectivity index (χ4v) is 4.64. The van der Waals surface area contributed by atoms with Gasteiger partial charge in [-0.2, -0.15) is 0 Å². The van der Waals surface area contributed by atoms with Crippen LogP contribution >= 0.6 is 0 Å². The van der Waals surface area contributed by atoms with Crippen LogP contribution in [0.2, 0.25) is 0 Å². The van der Waals surface area contributed by atoms with Crippen LogP contribution in [0.1, 0.15) is 31.4 Å². The highest BCUT2D eigenvalue weighted by molar-refractivity contribution is 5.86. The number of carbonyl (C=O) groups is 1. The summed E-state index contributed by atoms with van der Waals surface area (Å²) in [5, 5.41) is 6.17. The number of benzene rings is 2. The van der Waals surface area contributed by atoms with Gasteiger partial charge in [-0.05, 0) is 48.2 Å². The Labute approximate surface area is 185 Å². The van der Waals surface area contributed by atoms with E-state index in [4.69, 9.17) is 0 Å². The number of nitrogens with zero attached hydrogens (tertiary/aromatic N) is 3. The monoisotopic (exact) mass is 416 g/mol. The molecule has 162 valence electrons. The van der Waals surface area contributed by atoms with Crippen molar-refractivity contribution in [2.24, 2.45) is 0 Å². The quantitative estimate of drug-likeness (QED) is 0.606. The van der Waals surface area contributed by atoms with Crippen LogP contribution in [0.4, 0.5) is 0 Å². The molecule has 1 aromatic heterocycles. The molecule has 1 N–H and O–H groups in total. The minimum Gasteiger partial charge on any atom is -0.342 e. The fourth-order valence-electron chi connectivity index (χ4n) is 4.64. The van der Waals surface area contributed by atoms with Crippen LogP contribution in [0.25, 0.3) is 10.8 Å². The third-order valence-corrected chi connectivity index (χ3v) is 6.33. The summed E-state index contributed by atoms with van der Waals surface area (Å²) in [5.74, 6) is 0.246. The third kappa shape index (κ3) is 4.94. The van der Waals surface area contributed by atoms with Crippen LogP contribution in [-0.4, -0.2) is 52.4 Å². The third-order valence-electron chi connectivity index (χ3n) is 6.33. The van der Waals surface area contributed by atoms with Crippen LogP contribution in [0.15, 0.2) is 67.0 Å². The number of hydrogen-bond acceptors (Lipinski definition) is 4. The summed E-state index contributed by atoms with van der Waals surface area (Å²) < 4.78 is 0. The molecule has 2 heterocycles. The minimum absolute atomic E-state index is 0.0923. The van der Waals surface area contributed by atoms with E-state index in [2.05, 4.69) is 77.6 Å². The Kier molecular flexibility index (Phi) is 6.95. The van der Waals surface area contributed by atoms with Crippen molar-refractivity contribution in [2.75, 3.05) is 19.6 Å². The van der Waals surface area contributed by atoms with Crippen molar-refractivity contribution in [1.82, 2.24) is 20.1 Å². The van der Waals surface area contributed by atoms with E-state index < -0.39 is 0 Å². The van der Waals surface area contributed by atoms with E-state index in [1.165, 1.54) is 21.9 Å². The molecule has 31 heavy (non-hydrogen) atoms. The van der Waals surface area contributed by atoms with Crippen molar-refractivity contribution in [1.29, 1.82) is 0 Å². The molecule has 5 nitrogen and oxygen atoms in total. The summed E-state index contributed by atoms with van der Waals surface area (Å²) in [6, 6.07) is 19.2. The Bertz CT molecular complexity index is 997. The summed E-state index contributed by atoms with van der Waals surface area (Å²) in [7, 11) is 0. The van der Waals surface area contributed by atoms with Gasteiger partial charge in [-0.15, -0.1) is 0 Å². The Morgan fingerprint density at radius 2 is 1.90 bits per heavy atom. The molecule has 2 atom stereocenters. The second-order valence-electron chi connectivity index (χ2n) is 8.27. The van der Waals surface area contributed by atoms with Crippen LogP contribution in [0.5, 0.6) is 0 Å². The van der Waals surface area contributed by atoms with E-state index in [0.717, 1.165) is 39.1 Å². The molecule has 0 radical (unpaired) electrons. The van der Waals surface area contributed by atoms with Crippen LogP contribution in [0, 0.1) is 0 Å². The largest absolute Gasteiger partial charge is 0.342 e. The Morgan fingerprint density at radius 3 is 2.68 bits per heavy atom.